The standard InChI is InChI=1S/C13H21N3O2S/c1-15(2)13-8-4-7-12(14-13)11-6-5-9-16(10-11)19(3,17)18/h4,7-8,11H,5-6,9-10H2,1-3H3/t11-/m0/s1. The van der Waals surface area contributed by atoms with E-state index >= 15 is 0 Å². The molecule has 2 heterocycles. The maximum absolute atomic E-state index is 11.6. The number of anilines is 1. The van der Waals surface area contributed by atoms with Crippen LogP contribution in [-0.4, -0.2) is 51.1 Å². The van der Waals surface area contributed by atoms with Crippen LogP contribution in [0.1, 0.15) is 24.5 Å². The molecule has 1 aromatic rings. The lowest BCUT2D eigenvalue weighted by atomic mass is 9.95. The Labute approximate surface area is 115 Å². The van der Waals surface area contributed by atoms with Gasteiger partial charge in [-0.1, -0.05) is 6.07 Å². The van der Waals surface area contributed by atoms with E-state index in [9.17, 15) is 8.42 Å². The first-order valence-corrected chi connectivity index (χ1v) is 8.32. The number of hydrogen-bond donors (Lipinski definition) is 0. The Balaban J connectivity index is 2.20. The minimum absolute atomic E-state index is 0.198. The zero-order chi connectivity index (χ0) is 14.0. The van der Waals surface area contributed by atoms with Gasteiger partial charge in [-0.15, -0.1) is 0 Å². The number of nitrogens with zero attached hydrogens (tertiary/aromatic N) is 3. The van der Waals surface area contributed by atoms with Crippen molar-refractivity contribution in [1.29, 1.82) is 0 Å². The second-order valence-electron chi connectivity index (χ2n) is 5.28. The van der Waals surface area contributed by atoms with Crippen LogP contribution < -0.4 is 4.90 Å². The highest BCUT2D eigenvalue weighted by molar-refractivity contribution is 7.88. The SMILES string of the molecule is CN(C)c1cccc([C@H]2CCCN(S(C)(=O)=O)C2)n1. The van der Waals surface area contributed by atoms with Gasteiger partial charge in [0.1, 0.15) is 5.82 Å². The van der Waals surface area contributed by atoms with Gasteiger partial charge >= 0.3 is 0 Å². The Hall–Kier alpha value is -1.14. The molecule has 0 unspecified atom stereocenters. The number of pyridine rings is 1. The van der Waals surface area contributed by atoms with E-state index in [1.807, 2.05) is 37.2 Å². The highest BCUT2D eigenvalue weighted by atomic mass is 32.2. The highest BCUT2D eigenvalue weighted by Crippen LogP contribution is 2.27. The Bertz CT molecular complexity index is 543. The van der Waals surface area contributed by atoms with Crippen LogP contribution in [0.5, 0.6) is 0 Å². The summed E-state index contributed by atoms with van der Waals surface area (Å²) in [5.41, 5.74) is 0.986. The van der Waals surface area contributed by atoms with Crippen molar-refractivity contribution < 1.29 is 8.42 Å². The van der Waals surface area contributed by atoms with E-state index in [2.05, 4.69) is 4.98 Å². The molecule has 0 N–H and O–H groups in total. The van der Waals surface area contributed by atoms with Crippen LogP contribution in [0.15, 0.2) is 18.2 Å². The molecule has 1 aromatic heterocycles. The molecule has 1 aliphatic rings. The molecule has 2 rings (SSSR count). The number of sulfonamides is 1. The summed E-state index contributed by atoms with van der Waals surface area (Å²) in [6, 6.07) is 5.93. The number of rotatable bonds is 3. The molecule has 1 aliphatic heterocycles. The second kappa shape index (κ2) is 5.46. The van der Waals surface area contributed by atoms with Crippen LogP contribution in [0.4, 0.5) is 5.82 Å². The van der Waals surface area contributed by atoms with Crippen molar-refractivity contribution in [3.63, 3.8) is 0 Å². The zero-order valence-electron chi connectivity index (χ0n) is 11.7. The fourth-order valence-electron chi connectivity index (χ4n) is 2.40. The van der Waals surface area contributed by atoms with Crippen molar-refractivity contribution in [1.82, 2.24) is 9.29 Å². The lowest BCUT2D eigenvalue weighted by molar-refractivity contribution is 0.314. The Morgan fingerprint density at radius 2 is 2.11 bits per heavy atom. The smallest absolute Gasteiger partial charge is 0.211 e. The van der Waals surface area contributed by atoms with Gasteiger partial charge in [-0.2, -0.15) is 0 Å². The average Bonchev–Trinajstić information content (AvgIpc) is 2.38. The predicted molar refractivity (Wildman–Crippen MR) is 77.0 cm³/mol. The maximum atomic E-state index is 11.6. The molecule has 5 nitrogen and oxygen atoms in total. The Morgan fingerprint density at radius 1 is 1.37 bits per heavy atom. The monoisotopic (exact) mass is 283 g/mol. The molecule has 1 fully saturated rings. The van der Waals surface area contributed by atoms with E-state index in [1.54, 1.807) is 4.31 Å². The summed E-state index contributed by atoms with van der Waals surface area (Å²) in [5.74, 6) is 1.11. The fourth-order valence-corrected chi connectivity index (χ4v) is 3.31. The number of hydrogen-bond acceptors (Lipinski definition) is 4. The van der Waals surface area contributed by atoms with Crippen LogP contribution in [-0.2, 0) is 10.0 Å². The zero-order valence-corrected chi connectivity index (χ0v) is 12.5. The summed E-state index contributed by atoms with van der Waals surface area (Å²) in [6.45, 7) is 1.17. The molecule has 6 heteroatoms. The van der Waals surface area contributed by atoms with Gasteiger partial charge in [0.05, 0.1) is 6.26 Å². The number of aromatic nitrogens is 1. The third-order valence-corrected chi connectivity index (χ3v) is 4.76. The molecule has 0 amide bonds. The summed E-state index contributed by atoms with van der Waals surface area (Å²) in [5, 5.41) is 0. The molecule has 106 valence electrons. The Morgan fingerprint density at radius 3 is 2.74 bits per heavy atom. The van der Waals surface area contributed by atoms with E-state index in [1.165, 1.54) is 6.26 Å². The fraction of sp³-hybridized carbons (Fsp3) is 0.615. The molecule has 0 aliphatic carbocycles. The topological polar surface area (TPSA) is 53.5 Å². The maximum Gasteiger partial charge on any atom is 0.211 e. The van der Waals surface area contributed by atoms with Crippen molar-refractivity contribution >= 4 is 15.8 Å². The van der Waals surface area contributed by atoms with Gasteiger partial charge in [0.15, 0.2) is 0 Å². The minimum Gasteiger partial charge on any atom is -0.363 e. The van der Waals surface area contributed by atoms with Crippen LogP contribution >= 0.6 is 0 Å². The normalized spacial score (nSPS) is 21.3. The van der Waals surface area contributed by atoms with Crippen LogP contribution in [0.2, 0.25) is 0 Å². The average molecular weight is 283 g/mol. The summed E-state index contributed by atoms with van der Waals surface area (Å²) < 4.78 is 24.8. The van der Waals surface area contributed by atoms with E-state index in [-0.39, 0.29) is 5.92 Å². The lowest BCUT2D eigenvalue weighted by Gasteiger charge is -2.30. The van der Waals surface area contributed by atoms with Gasteiger partial charge < -0.3 is 4.90 Å². The predicted octanol–water partition coefficient (Wildman–Crippen LogP) is 1.29. The molecule has 1 atom stereocenters. The van der Waals surface area contributed by atoms with Gasteiger partial charge in [-0.05, 0) is 25.0 Å². The summed E-state index contributed by atoms with van der Waals surface area (Å²) >= 11 is 0. The van der Waals surface area contributed by atoms with Crippen molar-refractivity contribution in [2.24, 2.45) is 0 Å². The molecule has 0 bridgehead atoms. The van der Waals surface area contributed by atoms with E-state index in [0.717, 1.165) is 24.4 Å². The largest absolute Gasteiger partial charge is 0.363 e. The first-order valence-electron chi connectivity index (χ1n) is 6.47. The molecule has 0 spiro atoms. The Kier molecular flexibility index (Phi) is 4.10. The molecule has 0 aromatic carbocycles. The lowest BCUT2D eigenvalue weighted by Crippen LogP contribution is -2.38. The minimum atomic E-state index is -3.10. The summed E-state index contributed by atoms with van der Waals surface area (Å²) in [6.07, 6.45) is 3.17. The van der Waals surface area contributed by atoms with Gasteiger partial charge in [0.25, 0.3) is 0 Å². The van der Waals surface area contributed by atoms with Crippen molar-refractivity contribution in [2.75, 3.05) is 38.3 Å². The van der Waals surface area contributed by atoms with Crippen LogP contribution in [0, 0.1) is 0 Å². The molecule has 19 heavy (non-hydrogen) atoms. The quantitative estimate of drug-likeness (QED) is 0.839. The third-order valence-electron chi connectivity index (χ3n) is 3.49. The van der Waals surface area contributed by atoms with Gasteiger partial charge in [0.2, 0.25) is 10.0 Å². The molecule has 0 saturated carbocycles. The number of piperidine rings is 1. The van der Waals surface area contributed by atoms with E-state index < -0.39 is 10.0 Å². The first kappa shape index (κ1) is 14.3. The first-order chi connectivity index (χ1) is 8.88. The third kappa shape index (κ3) is 3.45. The summed E-state index contributed by atoms with van der Waals surface area (Å²) in [4.78, 5) is 6.58. The van der Waals surface area contributed by atoms with Gasteiger partial charge in [-0.25, -0.2) is 17.7 Å². The van der Waals surface area contributed by atoms with E-state index in [4.69, 9.17) is 0 Å². The summed E-state index contributed by atoms with van der Waals surface area (Å²) in [7, 11) is 0.810. The second-order valence-corrected chi connectivity index (χ2v) is 7.26. The molecule has 1 saturated heterocycles. The molecular weight excluding hydrogens is 262 g/mol. The van der Waals surface area contributed by atoms with E-state index in [0.29, 0.717) is 13.1 Å². The van der Waals surface area contributed by atoms with Gasteiger partial charge in [0, 0.05) is 38.8 Å². The van der Waals surface area contributed by atoms with Crippen LogP contribution in [0.3, 0.4) is 0 Å². The molecular formula is C13H21N3O2S. The van der Waals surface area contributed by atoms with Crippen molar-refractivity contribution in [3.8, 4) is 0 Å². The van der Waals surface area contributed by atoms with Crippen LogP contribution in [0.25, 0.3) is 0 Å². The van der Waals surface area contributed by atoms with Crippen molar-refractivity contribution in [3.05, 3.63) is 23.9 Å². The van der Waals surface area contributed by atoms with Gasteiger partial charge in [-0.3, -0.25) is 0 Å². The highest BCUT2D eigenvalue weighted by Gasteiger charge is 2.27. The van der Waals surface area contributed by atoms with Crippen molar-refractivity contribution in [2.45, 2.75) is 18.8 Å². The molecule has 0 radical (unpaired) electrons.